The molecule has 0 saturated heterocycles. The molecule has 1 saturated carbocycles. The Morgan fingerprint density at radius 2 is 2.24 bits per heavy atom. The summed E-state index contributed by atoms with van der Waals surface area (Å²) in [5.41, 5.74) is 8.66. The molecule has 0 amide bonds. The van der Waals surface area contributed by atoms with Gasteiger partial charge in [0.05, 0.1) is 0 Å². The summed E-state index contributed by atoms with van der Waals surface area (Å²) in [5.74, 6) is 1.59. The first-order valence-corrected chi connectivity index (χ1v) is 7.44. The molecule has 0 spiro atoms. The number of aromatic nitrogens is 4. The van der Waals surface area contributed by atoms with Crippen molar-refractivity contribution in [2.75, 3.05) is 18.9 Å². The van der Waals surface area contributed by atoms with Crippen molar-refractivity contribution in [3.05, 3.63) is 23.8 Å². The Hall–Kier alpha value is -1.95. The lowest BCUT2D eigenvalue weighted by molar-refractivity contribution is 0.118. The van der Waals surface area contributed by atoms with Crippen molar-refractivity contribution in [2.24, 2.45) is 5.92 Å². The molecule has 1 aromatic heterocycles. The second-order valence-corrected chi connectivity index (χ2v) is 5.67. The maximum Gasteiger partial charge on any atom is 0.182 e. The summed E-state index contributed by atoms with van der Waals surface area (Å²) in [7, 11) is 0. The second kappa shape index (κ2) is 6.22. The average Bonchev–Trinajstić information content (AvgIpc) is 3.18. The molecule has 0 bridgehead atoms. The van der Waals surface area contributed by atoms with Crippen LogP contribution in [0.3, 0.4) is 0 Å². The van der Waals surface area contributed by atoms with Crippen LogP contribution in [0.25, 0.3) is 11.4 Å². The molecule has 0 radical (unpaired) electrons. The first-order valence-electron chi connectivity index (χ1n) is 7.44. The lowest BCUT2D eigenvalue weighted by Gasteiger charge is -2.07. The number of anilines is 1. The third-order valence-electron chi connectivity index (χ3n) is 3.77. The molecule has 2 N–H and O–H groups in total. The molecule has 6 heteroatoms. The molecule has 1 aliphatic rings. The van der Waals surface area contributed by atoms with Crippen molar-refractivity contribution in [3.63, 3.8) is 0 Å². The van der Waals surface area contributed by atoms with Crippen LogP contribution in [0.2, 0.25) is 0 Å². The van der Waals surface area contributed by atoms with Crippen molar-refractivity contribution in [3.8, 4) is 11.4 Å². The molecule has 0 atom stereocenters. The van der Waals surface area contributed by atoms with Gasteiger partial charge >= 0.3 is 0 Å². The van der Waals surface area contributed by atoms with E-state index in [9.17, 15) is 0 Å². The van der Waals surface area contributed by atoms with Gasteiger partial charge in [-0.25, -0.2) is 4.68 Å². The molecule has 1 fully saturated rings. The van der Waals surface area contributed by atoms with Crippen molar-refractivity contribution in [1.82, 2.24) is 20.2 Å². The van der Waals surface area contributed by atoms with Gasteiger partial charge in [-0.2, -0.15) is 0 Å². The molecule has 112 valence electrons. The summed E-state index contributed by atoms with van der Waals surface area (Å²) in [4.78, 5) is 0. The molecule has 2 aromatic rings. The van der Waals surface area contributed by atoms with Gasteiger partial charge in [0.2, 0.25) is 0 Å². The monoisotopic (exact) mass is 287 g/mol. The van der Waals surface area contributed by atoms with Crippen molar-refractivity contribution < 1.29 is 4.74 Å². The van der Waals surface area contributed by atoms with Crippen LogP contribution in [0.15, 0.2) is 18.2 Å². The van der Waals surface area contributed by atoms with Gasteiger partial charge in [-0.05, 0) is 66.3 Å². The van der Waals surface area contributed by atoms with Crippen LogP contribution in [-0.2, 0) is 11.3 Å². The van der Waals surface area contributed by atoms with Gasteiger partial charge in [-0.3, -0.25) is 0 Å². The van der Waals surface area contributed by atoms with E-state index in [2.05, 4.69) is 15.5 Å². The van der Waals surface area contributed by atoms with Crippen LogP contribution in [0, 0.1) is 12.8 Å². The number of rotatable bonds is 7. The SMILES string of the molecule is Cc1cc(-c2nnnn2CCCOCC2CC2)ccc1N. The maximum atomic E-state index is 5.85. The summed E-state index contributed by atoms with van der Waals surface area (Å²) >= 11 is 0. The van der Waals surface area contributed by atoms with E-state index in [1.807, 2.05) is 29.8 Å². The third kappa shape index (κ3) is 3.58. The fourth-order valence-electron chi connectivity index (χ4n) is 2.23. The number of nitrogens with zero attached hydrogens (tertiary/aromatic N) is 4. The van der Waals surface area contributed by atoms with E-state index in [-0.39, 0.29) is 0 Å². The lowest BCUT2D eigenvalue weighted by Crippen LogP contribution is -2.07. The van der Waals surface area contributed by atoms with Crippen LogP contribution in [-0.4, -0.2) is 33.4 Å². The normalized spacial score (nSPS) is 14.5. The number of aryl methyl sites for hydroxylation is 2. The molecule has 0 unspecified atom stereocenters. The predicted molar refractivity (Wildman–Crippen MR) is 80.6 cm³/mol. The van der Waals surface area contributed by atoms with Gasteiger partial charge in [0.25, 0.3) is 0 Å². The Balaban J connectivity index is 1.58. The van der Waals surface area contributed by atoms with Crippen LogP contribution < -0.4 is 5.73 Å². The Bertz CT molecular complexity index is 606. The molecule has 21 heavy (non-hydrogen) atoms. The van der Waals surface area contributed by atoms with Gasteiger partial charge in [0.1, 0.15) is 0 Å². The number of nitrogens with two attached hydrogens (primary N) is 1. The molecular formula is C15H21N5O. The standard InChI is InChI=1S/C15H21N5O/c1-11-9-13(5-6-14(11)16)15-17-18-19-20(15)7-2-8-21-10-12-3-4-12/h5-6,9,12H,2-4,7-8,10,16H2,1H3. The van der Waals surface area contributed by atoms with Crippen molar-refractivity contribution >= 4 is 5.69 Å². The number of benzene rings is 1. The first-order chi connectivity index (χ1) is 10.2. The van der Waals surface area contributed by atoms with Crippen LogP contribution >= 0.6 is 0 Å². The number of ether oxygens (including phenoxy) is 1. The van der Waals surface area contributed by atoms with E-state index in [0.29, 0.717) is 0 Å². The summed E-state index contributed by atoms with van der Waals surface area (Å²) < 4.78 is 7.46. The minimum Gasteiger partial charge on any atom is -0.399 e. The highest BCUT2D eigenvalue weighted by Gasteiger charge is 2.20. The van der Waals surface area contributed by atoms with E-state index >= 15 is 0 Å². The van der Waals surface area contributed by atoms with Crippen LogP contribution in [0.1, 0.15) is 24.8 Å². The molecule has 1 heterocycles. The minimum atomic E-state index is 0.760. The van der Waals surface area contributed by atoms with E-state index in [1.54, 1.807) is 0 Å². The topological polar surface area (TPSA) is 78.8 Å². The average molecular weight is 287 g/mol. The zero-order chi connectivity index (χ0) is 14.7. The Morgan fingerprint density at radius 1 is 1.38 bits per heavy atom. The quantitative estimate of drug-likeness (QED) is 0.623. The number of hydrogen-bond donors (Lipinski definition) is 1. The van der Waals surface area contributed by atoms with E-state index in [0.717, 1.165) is 54.7 Å². The summed E-state index contributed by atoms with van der Waals surface area (Å²) in [6, 6.07) is 5.86. The van der Waals surface area contributed by atoms with E-state index in [4.69, 9.17) is 10.5 Å². The lowest BCUT2D eigenvalue weighted by atomic mass is 10.1. The first kappa shape index (κ1) is 14.0. The van der Waals surface area contributed by atoms with Gasteiger partial charge in [-0.15, -0.1) is 5.10 Å². The number of hydrogen-bond acceptors (Lipinski definition) is 5. The highest BCUT2D eigenvalue weighted by Crippen LogP contribution is 2.28. The molecule has 0 aliphatic heterocycles. The van der Waals surface area contributed by atoms with Gasteiger partial charge in [-0.1, -0.05) is 0 Å². The fourth-order valence-corrected chi connectivity index (χ4v) is 2.23. The summed E-state index contributed by atoms with van der Waals surface area (Å²) in [6.07, 6.45) is 3.57. The van der Waals surface area contributed by atoms with Gasteiger partial charge in [0.15, 0.2) is 5.82 Å². The van der Waals surface area contributed by atoms with E-state index in [1.165, 1.54) is 12.8 Å². The highest BCUT2D eigenvalue weighted by molar-refractivity contribution is 5.61. The zero-order valence-corrected chi connectivity index (χ0v) is 12.3. The molecule has 6 nitrogen and oxygen atoms in total. The van der Waals surface area contributed by atoms with Crippen LogP contribution in [0.4, 0.5) is 5.69 Å². The smallest absolute Gasteiger partial charge is 0.182 e. The van der Waals surface area contributed by atoms with Gasteiger partial charge in [0, 0.05) is 31.0 Å². The Labute approximate surface area is 124 Å². The Kier molecular flexibility index (Phi) is 4.15. The summed E-state index contributed by atoms with van der Waals surface area (Å²) in [6.45, 7) is 4.41. The largest absolute Gasteiger partial charge is 0.399 e. The Morgan fingerprint density at radius 3 is 3.00 bits per heavy atom. The molecule has 1 aliphatic carbocycles. The van der Waals surface area contributed by atoms with Crippen LogP contribution in [0.5, 0.6) is 0 Å². The summed E-state index contributed by atoms with van der Waals surface area (Å²) in [5, 5.41) is 12.0. The molecular weight excluding hydrogens is 266 g/mol. The number of nitrogen functional groups attached to an aromatic ring is 1. The van der Waals surface area contributed by atoms with Crippen molar-refractivity contribution in [2.45, 2.75) is 32.7 Å². The third-order valence-corrected chi connectivity index (χ3v) is 3.77. The van der Waals surface area contributed by atoms with Gasteiger partial charge < -0.3 is 10.5 Å². The zero-order valence-electron chi connectivity index (χ0n) is 12.3. The van der Waals surface area contributed by atoms with E-state index < -0.39 is 0 Å². The molecule has 3 rings (SSSR count). The minimum absolute atomic E-state index is 0.760. The molecule has 1 aromatic carbocycles. The second-order valence-electron chi connectivity index (χ2n) is 5.67. The fraction of sp³-hybridized carbons (Fsp3) is 0.533. The number of tetrazole rings is 1. The maximum absolute atomic E-state index is 5.85. The highest BCUT2D eigenvalue weighted by atomic mass is 16.5. The van der Waals surface area contributed by atoms with Crippen molar-refractivity contribution in [1.29, 1.82) is 0 Å². The predicted octanol–water partition coefficient (Wildman–Crippen LogP) is 2.05.